The fourth-order valence-corrected chi connectivity index (χ4v) is 3.74. The number of rotatable bonds is 7. The van der Waals surface area contributed by atoms with E-state index in [4.69, 9.17) is 9.84 Å². The number of carbonyl (C=O) groups is 1. The SMILES string of the molecule is CC(CCC1CCCO1)NC(=O)c1cn(-c2ccccc2)nc1-c1ccccc1. The monoisotopic (exact) mass is 389 g/mol. The Morgan fingerprint density at radius 1 is 1.17 bits per heavy atom. The summed E-state index contributed by atoms with van der Waals surface area (Å²) < 4.78 is 7.47. The Morgan fingerprint density at radius 2 is 1.90 bits per heavy atom. The van der Waals surface area contributed by atoms with E-state index in [-0.39, 0.29) is 11.9 Å². The first-order chi connectivity index (χ1) is 14.2. The molecule has 1 aliphatic rings. The van der Waals surface area contributed by atoms with Crippen LogP contribution in [0.2, 0.25) is 0 Å². The van der Waals surface area contributed by atoms with Gasteiger partial charge in [-0.15, -0.1) is 0 Å². The van der Waals surface area contributed by atoms with Crippen LogP contribution in [0.1, 0.15) is 43.0 Å². The Morgan fingerprint density at radius 3 is 2.59 bits per heavy atom. The Labute approximate surface area is 171 Å². The van der Waals surface area contributed by atoms with Gasteiger partial charge < -0.3 is 10.1 Å². The molecule has 3 aromatic rings. The lowest BCUT2D eigenvalue weighted by atomic mass is 10.1. The highest BCUT2D eigenvalue weighted by atomic mass is 16.5. The van der Waals surface area contributed by atoms with Gasteiger partial charge in [0.05, 0.1) is 17.4 Å². The predicted octanol–water partition coefficient (Wildman–Crippen LogP) is 4.62. The van der Waals surface area contributed by atoms with Gasteiger partial charge in [0.25, 0.3) is 5.91 Å². The smallest absolute Gasteiger partial charge is 0.255 e. The Bertz CT molecular complexity index is 931. The largest absolute Gasteiger partial charge is 0.378 e. The molecule has 2 heterocycles. The second-order valence-electron chi connectivity index (χ2n) is 7.62. The third-order valence-corrected chi connectivity index (χ3v) is 5.35. The summed E-state index contributed by atoms with van der Waals surface area (Å²) in [5.41, 5.74) is 3.14. The predicted molar refractivity (Wildman–Crippen MR) is 114 cm³/mol. The lowest BCUT2D eigenvalue weighted by Gasteiger charge is -2.16. The minimum absolute atomic E-state index is 0.0791. The number of carbonyl (C=O) groups excluding carboxylic acids is 1. The highest BCUT2D eigenvalue weighted by Crippen LogP contribution is 2.24. The van der Waals surface area contributed by atoms with E-state index in [1.807, 2.05) is 66.9 Å². The first kappa shape index (κ1) is 19.4. The van der Waals surface area contributed by atoms with Gasteiger partial charge in [-0.25, -0.2) is 4.68 Å². The summed E-state index contributed by atoms with van der Waals surface area (Å²) in [7, 11) is 0. The maximum absolute atomic E-state index is 13.1. The van der Waals surface area contributed by atoms with Crippen molar-refractivity contribution in [1.29, 1.82) is 0 Å². The maximum Gasteiger partial charge on any atom is 0.255 e. The van der Waals surface area contributed by atoms with Gasteiger partial charge in [-0.05, 0) is 44.7 Å². The van der Waals surface area contributed by atoms with Crippen LogP contribution in [0, 0.1) is 0 Å². The third-order valence-electron chi connectivity index (χ3n) is 5.35. The van der Waals surface area contributed by atoms with Crippen molar-refractivity contribution in [3.05, 3.63) is 72.4 Å². The standard InChI is InChI=1S/C24H27N3O2/c1-18(14-15-21-13-8-16-29-21)25-24(28)22-17-27(20-11-6-3-7-12-20)26-23(22)19-9-4-2-5-10-19/h2-7,9-12,17-18,21H,8,13-16H2,1H3,(H,25,28). The van der Waals surface area contributed by atoms with E-state index >= 15 is 0 Å². The molecule has 1 fully saturated rings. The number of nitrogens with zero attached hydrogens (tertiary/aromatic N) is 2. The Hall–Kier alpha value is -2.92. The van der Waals surface area contributed by atoms with Crippen molar-refractivity contribution < 1.29 is 9.53 Å². The summed E-state index contributed by atoms with van der Waals surface area (Å²) in [5.74, 6) is -0.0918. The molecule has 0 spiro atoms. The van der Waals surface area contributed by atoms with Crippen LogP contribution in [0.3, 0.4) is 0 Å². The molecule has 1 aliphatic heterocycles. The number of hydrogen-bond donors (Lipinski definition) is 1. The van der Waals surface area contributed by atoms with Crippen LogP contribution in [0.15, 0.2) is 66.9 Å². The first-order valence-corrected chi connectivity index (χ1v) is 10.3. The van der Waals surface area contributed by atoms with E-state index < -0.39 is 0 Å². The van der Waals surface area contributed by atoms with Gasteiger partial charge in [-0.2, -0.15) is 5.10 Å². The number of para-hydroxylation sites is 1. The average molecular weight is 389 g/mol. The second-order valence-corrected chi connectivity index (χ2v) is 7.62. The zero-order chi connectivity index (χ0) is 20.1. The van der Waals surface area contributed by atoms with Crippen molar-refractivity contribution in [2.75, 3.05) is 6.61 Å². The fraction of sp³-hybridized carbons (Fsp3) is 0.333. The molecule has 4 rings (SSSR count). The van der Waals surface area contributed by atoms with Gasteiger partial charge in [0.1, 0.15) is 5.69 Å². The molecule has 29 heavy (non-hydrogen) atoms. The minimum atomic E-state index is -0.0918. The van der Waals surface area contributed by atoms with Gasteiger partial charge in [0.15, 0.2) is 0 Å². The number of nitrogens with one attached hydrogen (secondary N) is 1. The van der Waals surface area contributed by atoms with E-state index in [0.29, 0.717) is 17.4 Å². The first-order valence-electron chi connectivity index (χ1n) is 10.3. The summed E-state index contributed by atoms with van der Waals surface area (Å²) in [5, 5.41) is 7.87. The normalized spacial score (nSPS) is 17.2. The molecule has 0 aliphatic carbocycles. The van der Waals surface area contributed by atoms with Gasteiger partial charge in [-0.1, -0.05) is 48.5 Å². The van der Waals surface area contributed by atoms with Crippen LogP contribution in [-0.4, -0.2) is 34.4 Å². The average Bonchev–Trinajstić information content (AvgIpc) is 3.44. The molecule has 5 heteroatoms. The highest BCUT2D eigenvalue weighted by molar-refractivity contribution is 6.00. The lowest BCUT2D eigenvalue weighted by Crippen LogP contribution is -2.33. The van der Waals surface area contributed by atoms with Crippen molar-refractivity contribution >= 4 is 5.91 Å². The van der Waals surface area contributed by atoms with Gasteiger partial charge in [-0.3, -0.25) is 4.79 Å². The molecule has 2 atom stereocenters. The Kier molecular flexibility index (Phi) is 6.06. The number of hydrogen-bond acceptors (Lipinski definition) is 3. The van der Waals surface area contributed by atoms with Crippen LogP contribution in [0.4, 0.5) is 0 Å². The molecule has 2 unspecified atom stereocenters. The number of aromatic nitrogens is 2. The quantitative estimate of drug-likeness (QED) is 0.642. The zero-order valence-corrected chi connectivity index (χ0v) is 16.8. The van der Waals surface area contributed by atoms with Crippen LogP contribution in [0.5, 0.6) is 0 Å². The summed E-state index contributed by atoms with van der Waals surface area (Å²) in [4.78, 5) is 13.1. The molecule has 1 saturated heterocycles. The second kappa shape index (κ2) is 9.05. The van der Waals surface area contributed by atoms with Crippen molar-refractivity contribution in [3.63, 3.8) is 0 Å². The molecular formula is C24H27N3O2. The van der Waals surface area contributed by atoms with Crippen LogP contribution < -0.4 is 5.32 Å². The summed E-state index contributed by atoms with van der Waals surface area (Å²) in [6.07, 6.45) is 6.32. The molecule has 0 radical (unpaired) electrons. The summed E-state index contributed by atoms with van der Waals surface area (Å²) >= 11 is 0. The summed E-state index contributed by atoms with van der Waals surface area (Å²) in [6, 6.07) is 19.8. The fourth-order valence-electron chi connectivity index (χ4n) is 3.74. The van der Waals surface area contributed by atoms with E-state index in [1.165, 1.54) is 0 Å². The van der Waals surface area contributed by atoms with Crippen molar-refractivity contribution in [2.24, 2.45) is 0 Å². The van der Waals surface area contributed by atoms with Crippen molar-refractivity contribution in [3.8, 4) is 16.9 Å². The number of amides is 1. The van der Waals surface area contributed by atoms with Gasteiger partial charge in [0, 0.05) is 24.4 Å². The third kappa shape index (κ3) is 4.74. The number of ether oxygens (including phenoxy) is 1. The topological polar surface area (TPSA) is 56.1 Å². The molecule has 0 bridgehead atoms. The molecule has 1 amide bonds. The number of benzene rings is 2. The molecular weight excluding hydrogens is 362 g/mol. The zero-order valence-electron chi connectivity index (χ0n) is 16.8. The van der Waals surface area contributed by atoms with E-state index in [0.717, 1.165) is 43.5 Å². The Balaban J connectivity index is 1.54. The van der Waals surface area contributed by atoms with Gasteiger partial charge >= 0.3 is 0 Å². The van der Waals surface area contributed by atoms with Crippen LogP contribution in [-0.2, 0) is 4.74 Å². The molecule has 5 nitrogen and oxygen atoms in total. The molecule has 1 N–H and O–H groups in total. The van der Waals surface area contributed by atoms with E-state index in [2.05, 4.69) is 12.2 Å². The van der Waals surface area contributed by atoms with E-state index in [9.17, 15) is 4.79 Å². The van der Waals surface area contributed by atoms with Crippen LogP contribution >= 0.6 is 0 Å². The van der Waals surface area contributed by atoms with E-state index in [1.54, 1.807) is 4.68 Å². The molecule has 1 aromatic heterocycles. The lowest BCUT2D eigenvalue weighted by molar-refractivity contribution is 0.0900. The molecule has 0 saturated carbocycles. The van der Waals surface area contributed by atoms with Crippen LogP contribution in [0.25, 0.3) is 16.9 Å². The minimum Gasteiger partial charge on any atom is -0.378 e. The molecule has 2 aromatic carbocycles. The summed E-state index contributed by atoms with van der Waals surface area (Å²) in [6.45, 7) is 2.92. The van der Waals surface area contributed by atoms with Gasteiger partial charge in [0.2, 0.25) is 0 Å². The molecule has 150 valence electrons. The maximum atomic E-state index is 13.1. The highest BCUT2D eigenvalue weighted by Gasteiger charge is 2.21. The van der Waals surface area contributed by atoms with Crippen molar-refractivity contribution in [1.82, 2.24) is 15.1 Å². The van der Waals surface area contributed by atoms with Crippen molar-refractivity contribution in [2.45, 2.75) is 44.8 Å².